The van der Waals surface area contributed by atoms with Crippen LogP contribution in [0.4, 0.5) is 68.2 Å². The molecule has 4 nitrogen and oxygen atoms in total. The first-order valence-electron chi connectivity index (χ1n) is 26.5. The second kappa shape index (κ2) is 18.4. The molecular formula is C72H49BN4. The zero-order valence-corrected chi connectivity index (χ0v) is 42.2. The highest BCUT2D eigenvalue weighted by Gasteiger charge is 2.45. The highest BCUT2D eigenvalue weighted by molar-refractivity contribution is 7.00. The van der Waals surface area contributed by atoms with Crippen LogP contribution in [0.15, 0.2) is 297 Å². The number of benzene rings is 12. The lowest BCUT2D eigenvalue weighted by atomic mass is 9.33. The van der Waals surface area contributed by atoms with Crippen LogP contribution in [-0.4, -0.2) is 6.71 Å². The molecule has 360 valence electrons. The number of hydrogen-bond donors (Lipinski definition) is 0. The largest absolute Gasteiger partial charge is 0.311 e. The van der Waals surface area contributed by atoms with Crippen molar-refractivity contribution >= 4 is 91.3 Å². The molecule has 3 heterocycles. The topological polar surface area (TPSA) is 13.0 Å². The van der Waals surface area contributed by atoms with E-state index in [1.54, 1.807) is 0 Å². The predicted molar refractivity (Wildman–Crippen MR) is 325 cm³/mol. The summed E-state index contributed by atoms with van der Waals surface area (Å²) in [5, 5.41) is 0. The average Bonchev–Trinajstić information content (AvgIpc) is 3.59. The van der Waals surface area contributed by atoms with Crippen molar-refractivity contribution in [3.63, 3.8) is 0 Å². The summed E-state index contributed by atoms with van der Waals surface area (Å²) in [5.41, 5.74) is 26.7. The van der Waals surface area contributed by atoms with Crippen LogP contribution in [0.2, 0.25) is 0 Å². The van der Waals surface area contributed by atoms with Gasteiger partial charge in [-0.05, 0) is 146 Å². The highest BCUT2D eigenvalue weighted by Crippen LogP contribution is 2.56. The minimum Gasteiger partial charge on any atom is -0.311 e. The minimum absolute atomic E-state index is 0.124. The molecule has 0 saturated carbocycles. The fraction of sp³-hybridized carbons (Fsp3) is 0. The van der Waals surface area contributed by atoms with Crippen LogP contribution in [0.3, 0.4) is 0 Å². The molecule has 0 N–H and O–H groups in total. The van der Waals surface area contributed by atoms with Crippen LogP contribution >= 0.6 is 0 Å². The molecule has 0 aliphatic carbocycles. The van der Waals surface area contributed by atoms with Gasteiger partial charge >= 0.3 is 0 Å². The molecule has 0 bridgehead atoms. The molecule has 12 aromatic rings. The van der Waals surface area contributed by atoms with E-state index in [0.29, 0.717) is 0 Å². The van der Waals surface area contributed by atoms with Crippen LogP contribution in [0.25, 0.3) is 44.5 Å². The van der Waals surface area contributed by atoms with E-state index < -0.39 is 0 Å². The van der Waals surface area contributed by atoms with Crippen molar-refractivity contribution < 1.29 is 0 Å². The fourth-order valence-electron chi connectivity index (χ4n) is 12.2. The maximum Gasteiger partial charge on any atom is 0.252 e. The summed E-state index contributed by atoms with van der Waals surface area (Å²) in [6.45, 7) is -0.124. The Morgan fingerprint density at radius 2 is 0.455 bits per heavy atom. The van der Waals surface area contributed by atoms with E-state index in [1.807, 2.05) is 0 Å². The van der Waals surface area contributed by atoms with E-state index in [9.17, 15) is 0 Å². The number of rotatable bonds is 8. The van der Waals surface area contributed by atoms with Gasteiger partial charge in [-0.15, -0.1) is 0 Å². The molecule has 0 atom stereocenters. The first kappa shape index (κ1) is 44.4. The Morgan fingerprint density at radius 3 is 0.831 bits per heavy atom. The SMILES string of the molecule is c1ccc(-c2ccc(N3c4ccc(-c5ccccc5)cc4B4c5cc(-c6ccccc6)ccc5N(c5ccc(-c6ccccc6)cc5)c5cc(N6c7ccccc7N(c7ccccc7)c7ccccc76)cc3c54)cc2)cc1. The maximum atomic E-state index is 2.54. The number of para-hydroxylation sites is 5. The normalized spacial score (nSPS) is 12.8. The highest BCUT2D eigenvalue weighted by atomic mass is 15.3. The van der Waals surface area contributed by atoms with E-state index in [2.05, 4.69) is 317 Å². The van der Waals surface area contributed by atoms with Crippen molar-refractivity contribution in [3.05, 3.63) is 297 Å². The number of fused-ring (bicyclic) bond motifs is 6. The molecule has 0 saturated heterocycles. The van der Waals surface area contributed by atoms with Gasteiger partial charge in [-0.2, -0.15) is 0 Å². The lowest BCUT2D eigenvalue weighted by Gasteiger charge is -2.46. The fourth-order valence-corrected chi connectivity index (χ4v) is 12.2. The second-order valence-corrected chi connectivity index (χ2v) is 20.1. The number of nitrogens with zero attached hydrogens (tertiary/aromatic N) is 4. The van der Waals surface area contributed by atoms with Gasteiger partial charge in [0.05, 0.1) is 28.4 Å². The van der Waals surface area contributed by atoms with Crippen LogP contribution in [0.1, 0.15) is 0 Å². The van der Waals surface area contributed by atoms with Gasteiger partial charge in [0.15, 0.2) is 0 Å². The summed E-state index contributed by atoms with van der Waals surface area (Å²) in [6.07, 6.45) is 0. The molecule has 0 unspecified atom stereocenters. The Bertz CT molecular complexity index is 3900. The molecule has 0 spiro atoms. The van der Waals surface area contributed by atoms with E-state index in [1.165, 1.54) is 60.9 Å². The molecule has 3 aliphatic rings. The van der Waals surface area contributed by atoms with Crippen LogP contribution in [-0.2, 0) is 0 Å². The summed E-state index contributed by atoms with van der Waals surface area (Å²) in [6, 6.07) is 109. The summed E-state index contributed by atoms with van der Waals surface area (Å²) in [5.74, 6) is 0. The van der Waals surface area contributed by atoms with E-state index in [0.717, 1.165) is 68.2 Å². The van der Waals surface area contributed by atoms with Gasteiger partial charge in [0.25, 0.3) is 6.71 Å². The lowest BCUT2D eigenvalue weighted by Crippen LogP contribution is -2.61. The average molecular weight is 981 g/mol. The van der Waals surface area contributed by atoms with Crippen LogP contribution < -0.4 is 36.0 Å². The molecule has 0 radical (unpaired) electrons. The number of hydrogen-bond acceptors (Lipinski definition) is 4. The Kier molecular flexibility index (Phi) is 10.6. The predicted octanol–water partition coefficient (Wildman–Crippen LogP) is 17.7. The summed E-state index contributed by atoms with van der Waals surface area (Å²) in [4.78, 5) is 9.98. The summed E-state index contributed by atoms with van der Waals surface area (Å²) in [7, 11) is 0. The first-order valence-corrected chi connectivity index (χ1v) is 26.5. The van der Waals surface area contributed by atoms with Gasteiger partial charge in [0.1, 0.15) is 0 Å². The quantitative estimate of drug-likeness (QED) is 0.141. The number of anilines is 12. The zero-order chi connectivity index (χ0) is 50.8. The van der Waals surface area contributed by atoms with Gasteiger partial charge in [-0.3, -0.25) is 0 Å². The molecule has 5 heteroatoms. The van der Waals surface area contributed by atoms with E-state index in [4.69, 9.17) is 0 Å². The monoisotopic (exact) mass is 980 g/mol. The summed E-state index contributed by atoms with van der Waals surface area (Å²) < 4.78 is 0. The van der Waals surface area contributed by atoms with E-state index in [-0.39, 0.29) is 6.71 Å². The smallest absolute Gasteiger partial charge is 0.252 e. The third kappa shape index (κ3) is 7.46. The van der Waals surface area contributed by atoms with Crippen molar-refractivity contribution in [1.29, 1.82) is 0 Å². The molecule has 12 aromatic carbocycles. The lowest BCUT2D eigenvalue weighted by molar-refractivity contribution is 1.16. The Hall–Kier alpha value is -10.1. The van der Waals surface area contributed by atoms with Gasteiger partial charge in [0, 0.05) is 39.8 Å². The molecule has 0 aromatic heterocycles. The van der Waals surface area contributed by atoms with Crippen molar-refractivity contribution in [1.82, 2.24) is 0 Å². The molecule has 0 amide bonds. The van der Waals surface area contributed by atoms with Crippen molar-refractivity contribution in [2.45, 2.75) is 0 Å². The third-order valence-electron chi connectivity index (χ3n) is 15.7. The molecule has 77 heavy (non-hydrogen) atoms. The molecule has 3 aliphatic heterocycles. The Morgan fingerprint density at radius 1 is 0.182 bits per heavy atom. The van der Waals surface area contributed by atoms with Crippen LogP contribution in [0, 0.1) is 0 Å². The molecular weight excluding hydrogens is 932 g/mol. The Labute approximate surface area is 450 Å². The van der Waals surface area contributed by atoms with Gasteiger partial charge < -0.3 is 19.6 Å². The standard InChI is InChI=1S/C72H49BN4/c1-6-20-50(21-7-1)54-34-40-59(41-35-54)74-64-44-38-56(52-24-10-3-11-25-52)46-62(64)73-63-47-57(53-26-12-4-13-27-53)39-45-65(63)75(60-42-36-55(37-43-60)51-22-8-2-9-23-51)71-49-61(48-70(74)72(71)73)77-68-32-18-16-30-66(68)76(58-28-14-5-15-29-58)67-31-17-19-33-69(67)77/h1-49H. The second-order valence-electron chi connectivity index (χ2n) is 20.1. The van der Waals surface area contributed by atoms with Crippen molar-refractivity contribution in [2.75, 3.05) is 19.6 Å². The van der Waals surface area contributed by atoms with E-state index >= 15 is 0 Å². The minimum atomic E-state index is -0.124. The van der Waals surface area contributed by atoms with Gasteiger partial charge in [-0.25, -0.2) is 0 Å². The maximum absolute atomic E-state index is 2.54. The van der Waals surface area contributed by atoms with Crippen molar-refractivity contribution in [2.24, 2.45) is 0 Å². The van der Waals surface area contributed by atoms with Gasteiger partial charge in [0.2, 0.25) is 0 Å². The molecule has 15 rings (SSSR count). The summed E-state index contributed by atoms with van der Waals surface area (Å²) >= 11 is 0. The third-order valence-corrected chi connectivity index (χ3v) is 15.7. The first-order chi connectivity index (χ1) is 38.2. The van der Waals surface area contributed by atoms with Crippen LogP contribution in [0.5, 0.6) is 0 Å². The zero-order valence-electron chi connectivity index (χ0n) is 42.2. The molecule has 0 fully saturated rings. The van der Waals surface area contributed by atoms with Gasteiger partial charge in [-0.1, -0.05) is 212 Å². The van der Waals surface area contributed by atoms with Crippen molar-refractivity contribution in [3.8, 4) is 44.5 Å². The Balaban J connectivity index is 1.03.